The van der Waals surface area contributed by atoms with E-state index in [2.05, 4.69) is 47.7 Å². The Labute approximate surface area is 192 Å². The van der Waals surface area contributed by atoms with E-state index in [1.165, 1.54) is 12.8 Å². The molecule has 0 aliphatic heterocycles. The Hall–Kier alpha value is 0.0569. The lowest BCUT2D eigenvalue weighted by molar-refractivity contribution is -0.183. The van der Waals surface area contributed by atoms with Crippen molar-refractivity contribution in [1.82, 2.24) is 0 Å². The van der Waals surface area contributed by atoms with Gasteiger partial charge in [-0.1, -0.05) is 41.0 Å². The van der Waals surface area contributed by atoms with Crippen molar-refractivity contribution in [2.45, 2.75) is 111 Å². The van der Waals surface area contributed by atoms with Crippen LogP contribution in [0.15, 0.2) is 0 Å². The van der Waals surface area contributed by atoms with Crippen LogP contribution in [-0.2, 0) is 13.9 Å². The number of fused-ring (bicyclic) bond motifs is 3. The molecule has 0 bridgehead atoms. The van der Waals surface area contributed by atoms with Crippen LogP contribution in [0, 0.1) is 41.4 Å². The topological polar surface area (TPSA) is 47.9 Å². The Balaban J connectivity index is 1.89. The highest BCUT2D eigenvalue weighted by Gasteiger charge is 2.60. The second kappa shape index (κ2) is 9.73. The standard InChI is InChI=1S/C26H50O4Si/c1-10-17-16(4)13-19-18-14-21(25(28-11-2)29-12-3)24(27)20(18)15-22(23(17)19)30-31(8,9)26(5,6)7/h16-25,27H,10-15H2,1-9H3/t16-,17-,18-,19-,20+,21-,22-,23+,24+/m1/s1. The average Bonchev–Trinajstić information content (AvgIpc) is 3.17. The molecule has 0 unspecified atom stereocenters. The van der Waals surface area contributed by atoms with Crippen molar-refractivity contribution >= 4 is 8.32 Å². The molecule has 9 atom stereocenters. The van der Waals surface area contributed by atoms with Gasteiger partial charge in [-0.3, -0.25) is 0 Å². The van der Waals surface area contributed by atoms with Crippen LogP contribution in [0.5, 0.6) is 0 Å². The largest absolute Gasteiger partial charge is 0.414 e. The lowest BCUT2D eigenvalue weighted by Crippen LogP contribution is -2.51. The van der Waals surface area contributed by atoms with Crippen molar-refractivity contribution in [2.24, 2.45) is 41.4 Å². The van der Waals surface area contributed by atoms with Crippen LogP contribution in [0.1, 0.15) is 74.1 Å². The molecule has 182 valence electrons. The summed E-state index contributed by atoms with van der Waals surface area (Å²) in [6.45, 7) is 21.9. The maximum atomic E-state index is 11.5. The summed E-state index contributed by atoms with van der Waals surface area (Å²) in [5.74, 6) is 3.76. The van der Waals surface area contributed by atoms with Gasteiger partial charge >= 0.3 is 0 Å². The van der Waals surface area contributed by atoms with E-state index in [0.29, 0.717) is 36.9 Å². The van der Waals surface area contributed by atoms with E-state index in [1.54, 1.807) is 0 Å². The van der Waals surface area contributed by atoms with Crippen molar-refractivity contribution in [3.05, 3.63) is 0 Å². The highest BCUT2D eigenvalue weighted by molar-refractivity contribution is 6.74. The molecular formula is C26H50O4Si. The van der Waals surface area contributed by atoms with Crippen LogP contribution >= 0.6 is 0 Å². The molecule has 0 radical (unpaired) electrons. The molecule has 0 spiro atoms. The summed E-state index contributed by atoms with van der Waals surface area (Å²) in [6.07, 6.45) is 4.22. The molecule has 3 aliphatic rings. The van der Waals surface area contributed by atoms with Crippen molar-refractivity contribution in [1.29, 1.82) is 0 Å². The molecule has 0 heterocycles. The maximum absolute atomic E-state index is 11.5. The van der Waals surface area contributed by atoms with E-state index in [4.69, 9.17) is 13.9 Å². The van der Waals surface area contributed by atoms with E-state index in [-0.39, 0.29) is 29.5 Å². The monoisotopic (exact) mass is 454 g/mol. The van der Waals surface area contributed by atoms with Gasteiger partial charge in [0, 0.05) is 25.2 Å². The number of ether oxygens (including phenoxy) is 2. The van der Waals surface area contributed by atoms with Gasteiger partial charge in [-0.2, -0.15) is 0 Å². The molecule has 3 fully saturated rings. The number of hydrogen-bond acceptors (Lipinski definition) is 4. The first-order valence-electron chi connectivity index (χ1n) is 13.1. The predicted octanol–water partition coefficient (Wildman–Crippen LogP) is 6.09. The zero-order valence-electron chi connectivity index (χ0n) is 21.7. The van der Waals surface area contributed by atoms with Crippen molar-refractivity contribution in [2.75, 3.05) is 13.2 Å². The zero-order valence-corrected chi connectivity index (χ0v) is 22.7. The fraction of sp³-hybridized carbons (Fsp3) is 1.00. The Morgan fingerprint density at radius 1 is 0.935 bits per heavy atom. The summed E-state index contributed by atoms with van der Waals surface area (Å²) in [5, 5.41) is 11.7. The lowest BCUT2D eigenvalue weighted by Gasteiger charge is -2.49. The van der Waals surface area contributed by atoms with Crippen molar-refractivity contribution in [3.63, 3.8) is 0 Å². The molecule has 3 saturated carbocycles. The molecule has 4 nitrogen and oxygen atoms in total. The Bertz CT molecular complexity index is 582. The van der Waals surface area contributed by atoms with E-state index in [9.17, 15) is 5.11 Å². The number of aliphatic hydroxyl groups is 1. The fourth-order valence-electron chi connectivity index (χ4n) is 7.15. The van der Waals surface area contributed by atoms with Gasteiger partial charge in [-0.05, 0) is 86.7 Å². The van der Waals surface area contributed by atoms with E-state index < -0.39 is 8.32 Å². The van der Waals surface area contributed by atoms with Crippen LogP contribution < -0.4 is 0 Å². The molecule has 3 aliphatic carbocycles. The quantitative estimate of drug-likeness (QED) is 0.356. The van der Waals surface area contributed by atoms with Gasteiger partial charge in [0.1, 0.15) is 0 Å². The second-order valence-electron chi connectivity index (χ2n) is 12.2. The maximum Gasteiger partial charge on any atom is 0.192 e. The van der Waals surface area contributed by atoms with Gasteiger partial charge in [-0.25, -0.2) is 0 Å². The third-order valence-electron chi connectivity index (χ3n) is 9.55. The molecule has 31 heavy (non-hydrogen) atoms. The van der Waals surface area contributed by atoms with Crippen molar-refractivity contribution in [3.8, 4) is 0 Å². The van der Waals surface area contributed by atoms with Gasteiger partial charge in [0.15, 0.2) is 14.6 Å². The third-order valence-corrected chi connectivity index (χ3v) is 14.1. The first kappa shape index (κ1) is 25.7. The van der Waals surface area contributed by atoms with Gasteiger partial charge in [-0.15, -0.1) is 0 Å². The summed E-state index contributed by atoms with van der Waals surface area (Å²) in [5.41, 5.74) is 0. The Morgan fingerprint density at radius 2 is 1.55 bits per heavy atom. The van der Waals surface area contributed by atoms with Gasteiger partial charge in [0.25, 0.3) is 0 Å². The molecule has 0 aromatic carbocycles. The minimum atomic E-state index is -1.88. The van der Waals surface area contributed by atoms with E-state index in [1.807, 2.05) is 13.8 Å². The number of aliphatic hydroxyl groups excluding tert-OH is 1. The van der Waals surface area contributed by atoms with Crippen LogP contribution in [0.4, 0.5) is 0 Å². The highest BCUT2D eigenvalue weighted by Crippen LogP contribution is 2.61. The first-order valence-corrected chi connectivity index (χ1v) is 16.0. The first-order chi connectivity index (χ1) is 14.5. The third kappa shape index (κ3) is 4.82. The van der Waals surface area contributed by atoms with Gasteiger partial charge < -0.3 is 19.0 Å². The van der Waals surface area contributed by atoms with Crippen LogP contribution in [0.2, 0.25) is 18.1 Å². The average molecular weight is 455 g/mol. The minimum Gasteiger partial charge on any atom is -0.414 e. The minimum absolute atomic E-state index is 0.0816. The van der Waals surface area contributed by atoms with Crippen LogP contribution in [0.25, 0.3) is 0 Å². The summed E-state index contributed by atoms with van der Waals surface area (Å²) in [4.78, 5) is 0. The Kier molecular flexibility index (Phi) is 8.06. The van der Waals surface area contributed by atoms with Crippen LogP contribution in [0.3, 0.4) is 0 Å². The van der Waals surface area contributed by atoms with Gasteiger partial charge in [0.2, 0.25) is 0 Å². The Morgan fingerprint density at radius 3 is 2.06 bits per heavy atom. The molecule has 0 saturated heterocycles. The molecule has 0 aromatic rings. The summed E-state index contributed by atoms with van der Waals surface area (Å²) in [6, 6.07) is 0. The summed E-state index contributed by atoms with van der Waals surface area (Å²) < 4.78 is 19.1. The SMILES string of the molecule is CCOC(OCC)[C@@H]1C[C@H]2[C@H](C[C@@H](O[Si](C)(C)C(C)(C)C)[C@@H]3[C@@H]2C[C@@H](C)[C@H]3CC)[C@@H]1O. The van der Waals surface area contributed by atoms with E-state index in [0.717, 1.165) is 24.7 Å². The number of rotatable bonds is 8. The molecule has 0 aromatic heterocycles. The summed E-state index contributed by atoms with van der Waals surface area (Å²) in [7, 11) is -1.88. The smallest absolute Gasteiger partial charge is 0.192 e. The van der Waals surface area contributed by atoms with Crippen molar-refractivity contribution < 1.29 is 19.0 Å². The van der Waals surface area contributed by atoms with Crippen LogP contribution in [-0.4, -0.2) is 45.1 Å². The zero-order chi connectivity index (χ0) is 23.1. The molecule has 1 N–H and O–H groups in total. The van der Waals surface area contributed by atoms with E-state index >= 15 is 0 Å². The lowest BCUT2D eigenvalue weighted by atomic mass is 9.65. The highest BCUT2D eigenvalue weighted by atomic mass is 28.4. The fourth-order valence-corrected chi connectivity index (χ4v) is 8.52. The molecule has 3 rings (SSSR count). The predicted molar refractivity (Wildman–Crippen MR) is 129 cm³/mol. The molecule has 0 amide bonds. The number of hydrogen-bond donors (Lipinski definition) is 1. The molecule has 5 heteroatoms. The summed E-state index contributed by atoms with van der Waals surface area (Å²) >= 11 is 0. The normalized spacial score (nSPS) is 40.9. The van der Waals surface area contributed by atoms with Gasteiger partial charge in [0.05, 0.1) is 6.10 Å². The molecular weight excluding hydrogens is 404 g/mol. The second-order valence-corrected chi connectivity index (χ2v) is 16.9.